The summed E-state index contributed by atoms with van der Waals surface area (Å²) in [6.45, 7) is 7.72. The summed E-state index contributed by atoms with van der Waals surface area (Å²) in [7, 11) is 0. The van der Waals surface area contributed by atoms with Gasteiger partial charge in [0.15, 0.2) is 0 Å². The molecular formula is C12H19N3O. The molecule has 1 amide bonds. The average Bonchev–Trinajstić information content (AvgIpc) is 2.16. The lowest BCUT2D eigenvalue weighted by molar-refractivity contribution is -0.122. The minimum atomic E-state index is -0.262. The number of anilines is 1. The third-order valence-corrected chi connectivity index (χ3v) is 1.95. The van der Waals surface area contributed by atoms with Crippen LogP contribution in [0.2, 0.25) is 0 Å². The first-order valence-electron chi connectivity index (χ1n) is 5.37. The zero-order valence-corrected chi connectivity index (χ0v) is 10.2. The third kappa shape index (κ3) is 4.29. The Morgan fingerprint density at radius 1 is 1.31 bits per heavy atom. The van der Waals surface area contributed by atoms with Gasteiger partial charge in [0, 0.05) is 23.6 Å². The minimum Gasteiger partial charge on any atom is -0.374 e. The van der Waals surface area contributed by atoms with Gasteiger partial charge in [0.25, 0.3) is 0 Å². The molecule has 1 unspecified atom stereocenters. The number of nitrogens with zero attached hydrogens (tertiary/aromatic N) is 1. The Bertz CT molecular complexity index is 343. The van der Waals surface area contributed by atoms with E-state index in [1.807, 2.05) is 39.8 Å². The van der Waals surface area contributed by atoms with Crippen LogP contribution in [0.5, 0.6) is 0 Å². The van der Waals surface area contributed by atoms with E-state index < -0.39 is 0 Å². The first-order valence-corrected chi connectivity index (χ1v) is 5.37. The Hall–Kier alpha value is -1.58. The number of hydrogen-bond acceptors (Lipinski definition) is 3. The van der Waals surface area contributed by atoms with Crippen LogP contribution in [0.25, 0.3) is 0 Å². The fourth-order valence-electron chi connectivity index (χ4n) is 1.24. The molecule has 4 heteroatoms. The second kappa shape index (κ2) is 4.96. The highest BCUT2D eigenvalue weighted by Crippen LogP contribution is 2.06. The Labute approximate surface area is 96.5 Å². The highest BCUT2D eigenvalue weighted by Gasteiger charge is 2.18. The Kier molecular flexibility index (Phi) is 3.88. The summed E-state index contributed by atoms with van der Waals surface area (Å²) in [4.78, 5) is 15.7. The normalized spacial score (nSPS) is 13.0. The van der Waals surface area contributed by atoms with Crippen molar-refractivity contribution in [3.8, 4) is 0 Å². The fraction of sp³-hybridized carbons (Fsp3) is 0.500. The van der Waals surface area contributed by atoms with Crippen molar-refractivity contribution in [1.29, 1.82) is 0 Å². The van der Waals surface area contributed by atoms with E-state index in [0.717, 1.165) is 5.69 Å². The number of nitrogens with one attached hydrogen (secondary N) is 2. The van der Waals surface area contributed by atoms with Gasteiger partial charge >= 0.3 is 0 Å². The van der Waals surface area contributed by atoms with Crippen molar-refractivity contribution < 1.29 is 4.79 Å². The average molecular weight is 221 g/mol. The number of aromatic nitrogens is 1. The van der Waals surface area contributed by atoms with Crippen LogP contribution in [-0.2, 0) is 4.79 Å². The predicted octanol–water partition coefficient (Wildman–Crippen LogP) is 1.80. The fourth-order valence-corrected chi connectivity index (χ4v) is 1.24. The summed E-state index contributed by atoms with van der Waals surface area (Å²) >= 11 is 0. The second-order valence-corrected chi connectivity index (χ2v) is 4.84. The van der Waals surface area contributed by atoms with E-state index in [2.05, 4.69) is 15.6 Å². The molecule has 1 aromatic heterocycles. The van der Waals surface area contributed by atoms with Crippen molar-refractivity contribution >= 4 is 11.6 Å². The van der Waals surface area contributed by atoms with Crippen molar-refractivity contribution in [3.63, 3.8) is 0 Å². The van der Waals surface area contributed by atoms with Gasteiger partial charge in [-0.05, 0) is 39.8 Å². The second-order valence-electron chi connectivity index (χ2n) is 4.84. The molecule has 16 heavy (non-hydrogen) atoms. The van der Waals surface area contributed by atoms with Crippen molar-refractivity contribution in [2.24, 2.45) is 0 Å². The summed E-state index contributed by atoms with van der Waals surface area (Å²) in [6, 6.07) is 3.41. The molecule has 0 radical (unpaired) electrons. The van der Waals surface area contributed by atoms with Gasteiger partial charge in [-0.3, -0.25) is 9.78 Å². The molecule has 1 aromatic rings. The summed E-state index contributed by atoms with van der Waals surface area (Å²) in [5.74, 6) is -0.00990. The number of carbonyl (C=O) groups excluding carboxylic acids is 1. The number of pyridine rings is 1. The maximum Gasteiger partial charge on any atom is 0.242 e. The van der Waals surface area contributed by atoms with E-state index in [4.69, 9.17) is 0 Å². The number of hydrogen-bond donors (Lipinski definition) is 2. The van der Waals surface area contributed by atoms with Crippen LogP contribution in [-0.4, -0.2) is 22.5 Å². The van der Waals surface area contributed by atoms with Gasteiger partial charge < -0.3 is 10.6 Å². The maximum absolute atomic E-state index is 11.8. The number of amides is 1. The van der Waals surface area contributed by atoms with Gasteiger partial charge in [-0.25, -0.2) is 0 Å². The molecule has 88 valence electrons. The molecule has 2 N–H and O–H groups in total. The monoisotopic (exact) mass is 221 g/mol. The molecule has 0 saturated heterocycles. The van der Waals surface area contributed by atoms with E-state index in [1.54, 1.807) is 12.4 Å². The Balaban J connectivity index is 2.53. The summed E-state index contributed by atoms with van der Waals surface area (Å²) < 4.78 is 0. The maximum atomic E-state index is 11.8. The molecule has 0 fully saturated rings. The summed E-state index contributed by atoms with van der Waals surface area (Å²) in [5.41, 5.74) is 0.692. The van der Waals surface area contributed by atoms with E-state index in [-0.39, 0.29) is 17.5 Å². The molecule has 0 aromatic carbocycles. The third-order valence-electron chi connectivity index (χ3n) is 1.95. The SMILES string of the molecule is CC(Nc1ccncc1)C(=O)NC(C)(C)C. The molecule has 1 rings (SSSR count). The van der Waals surface area contributed by atoms with E-state index in [9.17, 15) is 4.79 Å². The molecule has 1 atom stereocenters. The van der Waals surface area contributed by atoms with Gasteiger partial charge in [0.2, 0.25) is 5.91 Å². The first kappa shape index (κ1) is 12.5. The van der Waals surface area contributed by atoms with Crippen LogP contribution in [0.3, 0.4) is 0 Å². The summed E-state index contributed by atoms with van der Waals surface area (Å²) in [6.07, 6.45) is 3.38. The Morgan fingerprint density at radius 3 is 2.38 bits per heavy atom. The molecule has 0 aliphatic carbocycles. The molecule has 1 heterocycles. The van der Waals surface area contributed by atoms with Crippen LogP contribution in [0.15, 0.2) is 24.5 Å². The molecule has 0 aliphatic heterocycles. The van der Waals surface area contributed by atoms with E-state index in [1.165, 1.54) is 0 Å². The van der Waals surface area contributed by atoms with Crippen molar-refractivity contribution in [1.82, 2.24) is 10.3 Å². The largest absolute Gasteiger partial charge is 0.374 e. The smallest absolute Gasteiger partial charge is 0.242 e. The zero-order chi connectivity index (χ0) is 12.2. The van der Waals surface area contributed by atoms with Crippen molar-refractivity contribution in [2.45, 2.75) is 39.3 Å². The van der Waals surface area contributed by atoms with Gasteiger partial charge in [0.05, 0.1) is 0 Å². The molecule has 0 spiro atoms. The standard InChI is InChI=1S/C12H19N3O/c1-9(11(16)15-12(2,3)4)14-10-5-7-13-8-6-10/h5-9H,1-4H3,(H,13,14)(H,15,16). The van der Waals surface area contributed by atoms with Gasteiger partial charge in [-0.2, -0.15) is 0 Å². The van der Waals surface area contributed by atoms with E-state index >= 15 is 0 Å². The molecule has 0 saturated carbocycles. The molecule has 0 bridgehead atoms. The lowest BCUT2D eigenvalue weighted by atomic mass is 10.1. The lowest BCUT2D eigenvalue weighted by Crippen LogP contribution is -2.47. The molecule has 0 aliphatic rings. The number of carbonyl (C=O) groups is 1. The topological polar surface area (TPSA) is 54.0 Å². The highest BCUT2D eigenvalue weighted by atomic mass is 16.2. The van der Waals surface area contributed by atoms with Crippen LogP contribution in [0, 0.1) is 0 Å². The summed E-state index contributed by atoms with van der Waals surface area (Å²) in [5, 5.41) is 6.03. The number of rotatable bonds is 3. The lowest BCUT2D eigenvalue weighted by Gasteiger charge is -2.24. The van der Waals surface area contributed by atoms with Gasteiger partial charge in [0.1, 0.15) is 6.04 Å². The highest BCUT2D eigenvalue weighted by molar-refractivity contribution is 5.84. The van der Waals surface area contributed by atoms with E-state index in [0.29, 0.717) is 0 Å². The molecule has 4 nitrogen and oxygen atoms in total. The van der Waals surface area contributed by atoms with Crippen molar-refractivity contribution in [2.75, 3.05) is 5.32 Å². The minimum absolute atomic E-state index is 0.00990. The zero-order valence-electron chi connectivity index (χ0n) is 10.2. The first-order chi connectivity index (χ1) is 7.38. The quantitative estimate of drug-likeness (QED) is 0.818. The van der Waals surface area contributed by atoms with Crippen LogP contribution in [0.4, 0.5) is 5.69 Å². The predicted molar refractivity (Wildman–Crippen MR) is 65.2 cm³/mol. The van der Waals surface area contributed by atoms with Crippen LogP contribution >= 0.6 is 0 Å². The van der Waals surface area contributed by atoms with Crippen LogP contribution < -0.4 is 10.6 Å². The van der Waals surface area contributed by atoms with Crippen molar-refractivity contribution in [3.05, 3.63) is 24.5 Å². The molecular weight excluding hydrogens is 202 g/mol. The van der Waals surface area contributed by atoms with Crippen LogP contribution in [0.1, 0.15) is 27.7 Å². The van der Waals surface area contributed by atoms with Gasteiger partial charge in [-0.1, -0.05) is 0 Å². The van der Waals surface area contributed by atoms with Gasteiger partial charge in [-0.15, -0.1) is 0 Å². The Morgan fingerprint density at radius 2 is 1.88 bits per heavy atom.